The number of nitrogens with one attached hydrogen (secondary N) is 1. The summed E-state index contributed by atoms with van der Waals surface area (Å²) in [6, 6.07) is 4.29. The second-order valence-electron chi connectivity index (χ2n) is 3.51. The summed E-state index contributed by atoms with van der Waals surface area (Å²) in [5.41, 5.74) is 0.545. The molecule has 0 radical (unpaired) electrons. The Balaban J connectivity index is 2.02. The van der Waals surface area contributed by atoms with E-state index in [1.54, 1.807) is 6.07 Å². The number of carbonyl (C=O) groups is 1. The molecule has 0 fully saturated rings. The van der Waals surface area contributed by atoms with Gasteiger partial charge in [-0.3, -0.25) is 9.78 Å². The maximum Gasteiger partial charge on any atom is 0.271 e. The molecule has 0 atom stereocenters. The fourth-order valence-corrected chi connectivity index (χ4v) is 1.51. The number of rotatable bonds is 3. The van der Waals surface area contributed by atoms with Gasteiger partial charge in [0.05, 0.1) is 6.20 Å². The van der Waals surface area contributed by atoms with Crippen molar-refractivity contribution in [2.45, 2.75) is 6.54 Å². The van der Waals surface area contributed by atoms with Gasteiger partial charge in [0.15, 0.2) is 0 Å². The lowest BCUT2D eigenvalue weighted by molar-refractivity contribution is 0.0945. The Bertz CT molecular complexity index is 563. The Morgan fingerprint density at radius 3 is 2.89 bits per heavy atom. The Morgan fingerprint density at radius 1 is 1.39 bits per heavy atom. The molecule has 1 N–H and O–H groups in total. The van der Waals surface area contributed by atoms with Crippen LogP contribution in [0.3, 0.4) is 0 Å². The molecule has 0 bridgehead atoms. The quantitative estimate of drug-likeness (QED) is 0.926. The second kappa shape index (κ2) is 5.55. The van der Waals surface area contributed by atoms with E-state index >= 15 is 0 Å². The molecule has 0 saturated carbocycles. The third-order valence-corrected chi connectivity index (χ3v) is 2.49. The van der Waals surface area contributed by atoms with E-state index in [0.717, 1.165) is 0 Å². The molecule has 1 heterocycles. The van der Waals surface area contributed by atoms with Crippen LogP contribution in [0.4, 0.5) is 4.39 Å². The van der Waals surface area contributed by atoms with Crippen molar-refractivity contribution in [1.82, 2.24) is 15.3 Å². The molecule has 0 unspecified atom stereocenters. The molecule has 0 spiro atoms. The molecule has 2 aromatic rings. The number of carbonyl (C=O) groups excluding carboxylic acids is 1. The van der Waals surface area contributed by atoms with E-state index in [-0.39, 0.29) is 12.2 Å². The average Bonchev–Trinajstić information content (AvgIpc) is 2.38. The molecule has 1 amide bonds. The lowest BCUT2D eigenvalue weighted by atomic mass is 10.2. The topological polar surface area (TPSA) is 54.9 Å². The second-order valence-corrected chi connectivity index (χ2v) is 3.95. The van der Waals surface area contributed by atoms with Crippen LogP contribution >= 0.6 is 11.6 Å². The fourth-order valence-electron chi connectivity index (χ4n) is 1.35. The minimum atomic E-state index is -0.457. The van der Waals surface area contributed by atoms with Gasteiger partial charge in [0.1, 0.15) is 11.5 Å². The lowest BCUT2D eigenvalue weighted by Gasteiger charge is -2.05. The van der Waals surface area contributed by atoms with Crippen LogP contribution in [0, 0.1) is 5.82 Å². The zero-order valence-corrected chi connectivity index (χ0v) is 9.99. The summed E-state index contributed by atoms with van der Waals surface area (Å²) < 4.78 is 13.4. The van der Waals surface area contributed by atoms with Crippen molar-refractivity contribution >= 4 is 17.5 Å². The predicted molar refractivity (Wildman–Crippen MR) is 64.6 cm³/mol. The van der Waals surface area contributed by atoms with E-state index < -0.39 is 11.7 Å². The number of hydrogen-bond donors (Lipinski definition) is 1. The number of aromatic nitrogens is 2. The molecular weight excluding hydrogens is 257 g/mol. The summed E-state index contributed by atoms with van der Waals surface area (Å²) in [5, 5.41) is 2.87. The lowest BCUT2D eigenvalue weighted by Crippen LogP contribution is -2.24. The number of hydrogen-bond acceptors (Lipinski definition) is 3. The predicted octanol–water partition coefficient (Wildman–Crippen LogP) is 2.20. The molecule has 0 saturated heterocycles. The number of amides is 1. The van der Waals surface area contributed by atoms with Crippen LogP contribution in [-0.2, 0) is 6.54 Å². The first kappa shape index (κ1) is 12.4. The summed E-state index contributed by atoms with van der Waals surface area (Å²) in [7, 11) is 0. The molecule has 1 aromatic carbocycles. The van der Waals surface area contributed by atoms with E-state index in [9.17, 15) is 9.18 Å². The Hall–Kier alpha value is -2.01. The van der Waals surface area contributed by atoms with Gasteiger partial charge in [-0.2, -0.15) is 0 Å². The van der Waals surface area contributed by atoms with Crippen LogP contribution in [0.1, 0.15) is 16.1 Å². The van der Waals surface area contributed by atoms with E-state index in [4.69, 9.17) is 11.6 Å². The smallest absolute Gasteiger partial charge is 0.271 e. The SMILES string of the molecule is O=C(NCc1ccc(Cl)cc1F)c1cnccn1. The van der Waals surface area contributed by atoms with Crippen molar-refractivity contribution in [2.75, 3.05) is 0 Å². The van der Waals surface area contributed by atoms with Crippen LogP contribution in [0.5, 0.6) is 0 Å². The molecule has 1 aromatic heterocycles. The van der Waals surface area contributed by atoms with Crippen molar-refractivity contribution in [2.24, 2.45) is 0 Å². The van der Waals surface area contributed by atoms with Crippen LogP contribution in [0.2, 0.25) is 5.02 Å². The first-order valence-electron chi connectivity index (χ1n) is 5.15. The van der Waals surface area contributed by atoms with Crippen LogP contribution in [-0.4, -0.2) is 15.9 Å². The normalized spacial score (nSPS) is 10.1. The van der Waals surface area contributed by atoms with E-state index in [1.165, 1.54) is 30.7 Å². The Kier molecular flexibility index (Phi) is 3.84. The van der Waals surface area contributed by atoms with E-state index in [2.05, 4.69) is 15.3 Å². The van der Waals surface area contributed by atoms with Crippen molar-refractivity contribution in [3.8, 4) is 0 Å². The maximum absolute atomic E-state index is 13.4. The highest BCUT2D eigenvalue weighted by Gasteiger charge is 2.08. The molecule has 4 nitrogen and oxygen atoms in total. The summed E-state index contributed by atoms with van der Waals surface area (Å²) in [6.07, 6.45) is 4.22. The molecular formula is C12H9ClFN3O. The molecule has 0 aliphatic heterocycles. The first-order chi connectivity index (χ1) is 8.66. The zero-order chi connectivity index (χ0) is 13.0. The van der Waals surface area contributed by atoms with E-state index in [0.29, 0.717) is 10.6 Å². The summed E-state index contributed by atoms with van der Waals surface area (Å²) in [5.74, 6) is -0.862. The number of halogens is 2. The Labute approximate surface area is 108 Å². The Morgan fingerprint density at radius 2 is 2.22 bits per heavy atom. The van der Waals surface area contributed by atoms with Gasteiger partial charge in [-0.1, -0.05) is 17.7 Å². The van der Waals surface area contributed by atoms with Crippen molar-refractivity contribution < 1.29 is 9.18 Å². The van der Waals surface area contributed by atoms with Gasteiger partial charge in [0.25, 0.3) is 5.91 Å². The van der Waals surface area contributed by atoms with Crippen LogP contribution in [0.25, 0.3) is 0 Å². The van der Waals surface area contributed by atoms with Crippen molar-refractivity contribution in [3.05, 3.63) is 58.9 Å². The maximum atomic E-state index is 13.4. The highest BCUT2D eigenvalue weighted by molar-refractivity contribution is 6.30. The fraction of sp³-hybridized carbons (Fsp3) is 0.0833. The molecule has 0 aliphatic carbocycles. The monoisotopic (exact) mass is 265 g/mol. The van der Waals surface area contributed by atoms with Gasteiger partial charge in [0, 0.05) is 29.5 Å². The molecule has 6 heteroatoms. The van der Waals surface area contributed by atoms with Gasteiger partial charge in [-0.05, 0) is 12.1 Å². The molecule has 2 rings (SSSR count). The highest BCUT2D eigenvalue weighted by atomic mass is 35.5. The van der Waals surface area contributed by atoms with Gasteiger partial charge in [0.2, 0.25) is 0 Å². The summed E-state index contributed by atoms with van der Waals surface area (Å²) in [4.78, 5) is 19.2. The average molecular weight is 266 g/mol. The van der Waals surface area contributed by atoms with Crippen molar-refractivity contribution in [3.63, 3.8) is 0 Å². The van der Waals surface area contributed by atoms with E-state index in [1.807, 2.05) is 0 Å². The van der Waals surface area contributed by atoms with Gasteiger partial charge < -0.3 is 5.32 Å². The standard InChI is InChI=1S/C12H9ClFN3O/c13-9-2-1-8(10(14)5-9)6-17-12(18)11-7-15-3-4-16-11/h1-5,7H,6H2,(H,17,18). The zero-order valence-electron chi connectivity index (χ0n) is 9.23. The van der Waals surface area contributed by atoms with Crippen LogP contribution < -0.4 is 5.32 Å². The minimum absolute atomic E-state index is 0.0679. The third-order valence-electron chi connectivity index (χ3n) is 2.25. The van der Waals surface area contributed by atoms with Gasteiger partial charge >= 0.3 is 0 Å². The third kappa shape index (κ3) is 3.01. The molecule has 0 aliphatic rings. The van der Waals surface area contributed by atoms with Gasteiger partial charge in [-0.15, -0.1) is 0 Å². The summed E-state index contributed by atoms with van der Waals surface area (Å²) >= 11 is 5.63. The minimum Gasteiger partial charge on any atom is -0.346 e. The number of nitrogens with zero attached hydrogens (tertiary/aromatic N) is 2. The van der Waals surface area contributed by atoms with Crippen molar-refractivity contribution in [1.29, 1.82) is 0 Å². The largest absolute Gasteiger partial charge is 0.346 e. The summed E-state index contributed by atoms with van der Waals surface area (Å²) in [6.45, 7) is 0.0679. The van der Waals surface area contributed by atoms with Gasteiger partial charge in [-0.25, -0.2) is 9.37 Å². The number of benzene rings is 1. The molecule has 92 valence electrons. The van der Waals surface area contributed by atoms with Crippen LogP contribution in [0.15, 0.2) is 36.8 Å². The highest BCUT2D eigenvalue weighted by Crippen LogP contribution is 2.14. The first-order valence-corrected chi connectivity index (χ1v) is 5.53. The molecule has 18 heavy (non-hydrogen) atoms.